The number of nitrogens with zero attached hydrogens (tertiary/aromatic N) is 2. The van der Waals surface area contributed by atoms with Crippen LogP contribution in [0.3, 0.4) is 0 Å². The molecular weight excluding hydrogens is 279 g/mol. The van der Waals surface area contributed by atoms with Crippen molar-refractivity contribution >= 4 is 0 Å². The Kier molecular flexibility index (Phi) is 5.21. The lowest BCUT2D eigenvalue weighted by molar-refractivity contribution is -0.138. The van der Waals surface area contributed by atoms with Crippen molar-refractivity contribution in [2.45, 2.75) is 25.1 Å². The molecule has 114 valence electrons. The maximum atomic E-state index is 12.6. The second kappa shape index (κ2) is 6.92. The van der Waals surface area contributed by atoms with Crippen LogP contribution in [0.2, 0.25) is 0 Å². The van der Waals surface area contributed by atoms with Gasteiger partial charge < -0.3 is 5.32 Å². The van der Waals surface area contributed by atoms with Gasteiger partial charge in [-0.2, -0.15) is 18.4 Å². The average Bonchev–Trinajstić information content (AvgIpc) is 2.48. The van der Waals surface area contributed by atoms with Crippen molar-refractivity contribution in [1.82, 2.24) is 10.2 Å². The van der Waals surface area contributed by atoms with Crippen molar-refractivity contribution in [1.29, 1.82) is 5.26 Å². The number of rotatable bonds is 4. The molecule has 1 fully saturated rings. The molecule has 1 aliphatic heterocycles. The summed E-state index contributed by atoms with van der Waals surface area (Å²) in [5.74, 6) is 0. The van der Waals surface area contributed by atoms with Gasteiger partial charge in [0.25, 0.3) is 0 Å². The first-order valence-corrected chi connectivity index (χ1v) is 7.02. The van der Waals surface area contributed by atoms with E-state index in [-0.39, 0.29) is 12.5 Å². The Hall–Kier alpha value is -1.58. The lowest BCUT2D eigenvalue weighted by atomic mass is 9.95. The molecule has 0 radical (unpaired) electrons. The van der Waals surface area contributed by atoms with E-state index >= 15 is 0 Å². The number of halogens is 3. The number of hydrogen-bond donors (Lipinski definition) is 1. The standard InChI is InChI=1S/C15H18F3N3/c16-15(17,18)6-5-14(21-9-7-20-8-10-21)13-4-2-1-3-12(13)11-19/h1-4,14,20H,5-10H2/t14-/m0/s1. The molecule has 1 aromatic carbocycles. The third-order valence-electron chi connectivity index (χ3n) is 3.73. The monoisotopic (exact) mass is 297 g/mol. The molecular formula is C15H18F3N3. The van der Waals surface area contributed by atoms with Gasteiger partial charge >= 0.3 is 6.18 Å². The highest BCUT2D eigenvalue weighted by molar-refractivity contribution is 5.39. The van der Waals surface area contributed by atoms with Gasteiger partial charge in [0.1, 0.15) is 0 Å². The van der Waals surface area contributed by atoms with E-state index in [1.165, 1.54) is 0 Å². The lowest BCUT2D eigenvalue weighted by Crippen LogP contribution is -2.45. The summed E-state index contributed by atoms with van der Waals surface area (Å²) in [6.07, 6.45) is -5.02. The molecule has 0 unspecified atom stereocenters. The Morgan fingerprint density at radius 3 is 2.52 bits per heavy atom. The molecule has 1 aromatic rings. The highest BCUT2D eigenvalue weighted by atomic mass is 19.4. The first-order chi connectivity index (χ1) is 10.0. The molecule has 0 saturated carbocycles. The fourth-order valence-electron chi connectivity index (χ4n) is 2.72. The summed E-state index contributed by atoms with van der Waals surface area (Å²) >= 11 is 0. The van der Waals surface area contributed by atoms with E-state index < -0.39 is 12.6 Å². The first kappa shape index (κ1) is 15.8. The summed E-state index contributed by atoms with van der Waals surface area (Å²) in [6.45, 7) is 2.92. The normalized spacial score (nSPS) is 18.2. The number of piperazine rings is 1. The minimum Gasteiger partial charge on any atom is -0.314 e. The van der Waals surface area contributed by atoms with Gasteiger partial charge in [-0.1, -0.05) is 18.2 Å². The fourth-order valence-corrected chi connectivity index (χ4v) is 2.72. The number of nitrogens with one attached hydrogen (secondary N) is 1. The third kappa shape index (κ3) is 4.45. The predicted molar refractivity (Wildman–Crippen MR) is 73.6 cm³/mol. The highest BCUT2D eigenvalue weighted by Crippen LogP contribution is 2.33. The smallest absolute Gasteiger partial charge is 0.314 e. The number of hydrogen-bond acceptors (Lipinski definition) is 3. The summed E-state index contributed by atoms with van der Waals surface area (Å²) in [6, 6.07) is 8.68. The second-order valence-electron chi connectivity index (χ2n) is 5.15. The van der Waals surface area contributed by atoms with Crippen molar-refractivity contribution in [2.24, 2.45) is 0 Å². The van der Waals surface area contributed by atoms with Crippen LogP contribution in [0.25, 0.3) is 0 Å². The average molecular weight is 297 g/mol. The van der Waals surface area contributed by atoms with Crippen LogP contribution in [0.4, 0.5) is 13.2 Å². The van der Waals surface area contributed by atoms with Gasteiger partial charge in [-0.05, 0) is 18.1 Å². The second-order valence-corrected chi connectivity index (χ2v) is 5.15. The van der Waals surface area contributed by atoms with Crippen LogP contribution in [0.15, 0.2) is 24.3 Å². The summed E-state index contributed by atoms with van der Waals surface area (Å²) < 4.78 is 37.8. The minimum atomic E-state index is -4.17. The van der Waals surface area contributed by atoms with Crippen LogP contribution in [0, 0.1) is 11.3 Å². The molecule has 0 amide bonds. The summed E-state index contributed by atoms with van der Waals surface area (Å²) in [5, 5.41) is 12.4. The lowest BCUT2D eigenvalue weighted by Gasteiger charge is -2.35. The molecule has 0 aromatic heterocycles. The molecule has 2 rings (SSSR count). The number of benzene rings is 1. The third-order valence-corrected chi connectivity index (χ3v) is 3.73. The SMILES string of the molecule is N#Cc1ccccc1[C@H](CCC(F)(F)F)N1CCNCC1. The largest absolute Gasteiger partial charge is 0.389 e. The molecule has 0 aliphatic carbocycles. The summed E-state index contributed by atoms with van der Waals surface area (Å²) in [4.78, 5) is 2.04. The van der Waals surface area contributed by atoms with Crippen LogP contribution < -0.4 is 5.32 Å². The Morgan fingerprint density at radius 2 is 1.90 bits per heavy atom. The maximum Gasteiger partial charge on any atom is 0.389 e. The predicted octanol–water partition coefficient (Wildman–Crippen LogP) is 2.85. The van der Waals surface area contributed by atoms with Crippen LogP contribution in [0.5, 0.6) is 0 Å². The molecule has 1 N–H and O–H groups in total. The quantitative estimate of drug-likeness (QED) is 0.929. The fraction of sp³-hybridized carbons (Fsp3) is 0.533. The molecule has 1 heterocycles. The molecule has 1 saturated heterocycles. The Morgan fingerprint density at radius 1 is 1.24 bits per heavy atom. The van der Waals surface area contributed by atoms with Gasteiger partial charge in [-0.15, -0.1) is 0 Å². The van der Waals surface area contributed by atoms with Gasteiger partial charge in [0.2, 0.25) is 0 Å². The van der Waals surface area contributed by atoms with Crippen molar-refractivity contribution in [2.75, 3.05) is 26.2 Å². The van der Waals surface area contributed by atoms with Gasteiger partial charge in [0, 0.05) is 38.6 Å². The van der Waals surface area contributed by atoms with E-state index in [2.05, 4.69) is 11.4 Å². The van der Waals surface area contributed by atoms with E-state index in [9.17, 15) is 18.4 Å². The van der Waals surface area contributed by atoms with Crippen molar-refractivity contribution in [3.63, 3.8) is 0 Å². The Balaban J connectivity index is 2.24. The van der Waals surface area contributed by atoms with Gasteiger partial charge in [-0.3, -0.25) is 4.90 Å². The minimum absolute atomic E-state index is 0.0117. The van der Waals surface area contributed by atoms with Crippen LogP contribution >= 0.6 is 0 Å². The zero-order valence-electron chi connectivity index (χ0n) is 11.7. The Bertz CT molecular complexity index is 502. The number of nitriles is 1. The van der Waals surface area contributed by atoms with Gasteiger partial charge in [0.05, 0.1) is 11.6 Å². The highest BCUT2D eigenvalue weighted by Gasteiger charge is 2.32. The van der Waals surface area contributed by atoms with Crippen molar-refractivity contribution < 1.29 is 13.2 Å². The van der Waals surface area contributed by atoms with E-state index in [1.807, 2.05) is 4.90 Å². The summed E-state index contributed by atoms with van der Waals surface area (Å²) in [5.41, 5.74) is 1.16. The van der Waals surface area contributed by atoms with Crippen LogP contribution in [0.1, 0.15) is 30.0 Å². The molecule has 3 nitrogen and oxygen atoms in total. The molecule has 0 spiro atoms. The molecule has 21 heavy (non-hydrogen) atoms. The molecule has 1 aliphatic rings. The van der Waals surface area contributed by atoms with E-state index in [1.54, 1.807) is 24.3 Å². The molecule has 6 heteroatoms. The van der Waals surface area contributed by atoms with Gasteiger partial charge in [0.15, 0.2) is 0 Å². The summed E-state index contributed by atoms with van der Waals surface area (Å²) in [7, 11) is 0. The van der Waals surface area contributed by atoms with E-state index in [4.69, 9.17) is 0 Å². The van der Waals surface area contributed by atoms with Crippen LogP contribution in [-0.2, 0) is 0 Å². The van der Waals surface area contributed by atoms with Crippen molar-refractivity contribution in [3.8, 4) is 6.07 Å². The maximum absolute atomic E-state index is 12.6. The van der Waals surface area contributed by atoms with Gasteiger partial charge in [-0.25, -0.2) is 0 Å². The van der Waals surface area contributed by atoms with Crippen LogP contribution in [-0.4, -0.2) is 37.3 Å². The molecule has 0 bridgehead atoms. The topological polar surface area (TPSA) is 39.1 Å². The van der Waals surface area contributed by atoms with E-state index in [0.717, 1.165) is 13.1 Å². The Labute approximate surface area is 122 Å². The van der Waals surface area contributed by atoms with E-state index in [0.29, 0.717) is 24.2 Å². The zero-order valence-corrected chi connectivity index (χ0v) is 11.7. The van der Waals surface area contributed by atoms with Crippen molar-refractivity contribution in [3.05, 3.63) is 35.4 Å². The first-order valence-electron chi connectivity index (χ1n) is 7.02. The molecule has 1 atom stereocenters. The number of alkyl halides is 3. The zero-order chi connectivity index (χ0) is 15.3.